The van der Waals surface area contributed by atoms with Crippen LogP contribution in [0.3, 0.4) is 0 Å². The highest BCUT2D eigenvalue weighted by Crippen LogP contribution is 2.20. The first-order valence-electron chi connectivity index (χ1n) is 5.96. The van der Waals surface area contributed by atoms with Crippen LogP contribution in [-0.4, -0.2) is 4.98 Å². The molecule has 0 amide bonds. The molecule has 0 unspecified atom stereocenters. The zero-order valence-electron chi connectivity index (χ0n) is 10.9. The minimum atomic E-state index is -0.376. The summed E-state index contributed by atoms with van der Waals surface area (Å²) in [6, 6.07) is 8.73. The van der Waals surface area contributed by atoms with Gasteiger partial charge in [-0.1, -0.05) is 6.07 Å². The maximum atomic E-state index is 13.6. The predicted molar refractivity (Wildman–Crippen MR) is 72.2 cm³/mol. The molecular formula is C15H14FN3. The molecule has 0 aliphatic rings. The summed E-state index contributed by atoms with van der Waals surface area (Å²) in [7, 11) is 0. The Balaban J connectivity index is 2.17. The second-order valence-electron chi connectivity index (χ2n) is 4.42. The van der Waals surface area contributed by atoms with Gasteiger partial charge in [0.05, 0.1) is 23.9 Å². The van der Waals surface area contributed by atoms with Gasteiger partial charge in [-0.05, 0) is 37.6 Å². The fourth-order valence-corrected chi connectivity index (χ4v) is 1.72. The van der Waals surface area contributed by atoms with Gasteiger partial charge in [0.2, 0.25) is 0 Å². The van der Waals surface area contributed by atoms with Gasteiger partial charge in [0.15, 0.2) is 0 Å². The van der Waals surface area contributed by atoms with Crippen molar-refractivity contribution < 1.29 is 4.39 Å². The number of benzene rings is 1. The maximum Gasteiger partial charge on any atom is 0.129 e. The Morgan fingerprint density at radius 1 is 1.32 bits per heavy atom. The van der Waals surface area contributed by atoms with E-state index in [9.17, 15) is 4.39 Å². The van der Waals surface area contributed by atoms with Crippen molar-refractivity contribution in [2.75, 3.05) is 5.32 Å². The van der Waals surface area contributed by atoms with Crippen molar-refractivity contribution in [2.45, 2.75) is 20.4 Å². The number of halogens is 1. The average Bonchev–Trinajstić information content (AvgIpc) is 2.42. The number of aromatic nitrogens is 1. The van der Waals surface area contributed by atoms with Crippen LogP contribution in [0.2, 0.25) is 0 Å². The Labute approximate surface area is 111 Å². The lowest BCUT2D eigenvalue weighted by atomic mass is 10.1. The van der Waals surface area contributed by atoms with Gasteiger partial charge in [0, 0.05) is 17.4 Å². The summed E-state index contributed by atoms with van der Waals surface area (Å²) in [6.45, 7) is 4.15. The molecule has 0 fully saturated rings. The molecular weight excluding hydrogens is 241 g/mol. The van der Waals surface area contributed by atoms with Gasteiger partial charge in [-0.25, -0.2) is 4.39 Å². The van der Waals surface area contributed by atoms with Gasteiger partial charge >= 0.3 is 0 Å². The monoisotopic (exact) mass is 255 g/mol. The first-order valence-corrected chi connectivity index (χ1v) is 5.96. The number of nitrogens with zero attached hydrogens (tertiary/aromatic N) is 2. The number of nitriles is 1. The lowest BCUT2D eigenvalue weighted by Crippen LogP contribution is -2.04. The van der Waals surface area contributed by atoms with Crippen LogP contribution in [0.5, 0.6) is 0 Å². The van der Waals surface area contributed by atoms with Crippen molar-refractivity contribution in [1.82, 2.24) is 4.98 Å². The number of pyridine rings is 1. The molecule has 0 radical (unpaired) electrons. The van der Waals surface area contributed by atoms with Gasteiger partial charge in [-0.15, -0.1) is 0 Å². The largest absolute Gasteiger partial charge is 0.379 e. The summed E-state index contributed by atoms with van der Waals surface area (Å²) >= 11 is 0. The van der Waals surface area contributed by atoms with Gasteiger partial charge in [-0.3, -0.25) is 4.98 Å². The molecule has 0 aliphatic heterocycles. The van der Waals surface area contributed by atoms with Crippen LogP contribution < -0.4 is 5.32 Å². The summed E-state index contributed by atoms with van der Waals surface area (Å²) in [5, 5.41) is 11.9. The topological polar surface area (TPSA) is 48.7 Å². The summed E-state index contributed by atoms with van der Waals surface area (Å²) < 4.78 is 13.6. The first-order chi connectivity index (χ1) is 9.10. The van der Waals surface area contributed by atoms with Crippen LogP contribution in [-0.2, 0) is 6.54 Å². The molecule has 0 saturated heterocycles. The lowest BCUT2D eigenvalue weighted by Gasteiger charge is -2.10. The minimum Gasteiger partial charge on any atom is -0.379 e. The number of rotatable bonds is 3. The Morgan fingerprint density at radius 3 is 2.74 bits per heavy atom. The van der Waals surface area contributed by atoms with E-state index in [1.165, 1.54) is 6.07 Å². The molecule has 2 aromatic rings. The number of nitrogens with one attached hydrogen (secondary N) is 1. The molecule has 1 heterocycles. The van der Waals surface area contributed by atoms with Crippen LogP contribution in [0.1, 0.15) is 22.4 Å². The van der Waals surface area contributed by atoms with Crippen LogP contribution in [0, 0.1) is 31.0 Å². The van der Waals surface area contributed by atoms with Crippen molar-refractivity contribution in [3.63, 3.8) is 0 Å². The zero-order chi connectivity index (χ0) is 13.8. The fourth-order valence-electron chi connectivity index (χ4n) is 1.72. The van der Waals surface area contributed by atoms with Crippen molar-refractivity contribution in [2.24, 2.45) is 0 Å². The van der Waals surface area contributed by atoms with E-state index in [1.807, 2.05) is 25.1 Å². The van der Waals surface area contributed by atoms with Gasteiger partial charge in [0.1, 0.15) is 5.82 Å². The maximum absolute atomic E-state index is 13.6. The molecule has 4 heteroatoms. The molecule has 1 aromatic carbocycles. The Bertz CT molecular complexity index is 627. The molecule has 0 spiro atoms. The van der Waals surface area contributed by atoms with Crippen molar-refractivity contribution in [3.05, 3.63) is 58.7 Å². The Kier molecular flexibility index (Phi) is 3.76. The molecule has 1 aromatic heterocycles. The van der Waals surface area contributed by atoms with Crippen LogP contribution in [0.4, 0.5) is 10.1 Å². The highest BCUT2D eigenvalue weighted by Gasteiger charge is 2.07. The second-order valence-corrected chi connectivity index (χ2v) is 4.42. The molecule has 0 saturated carbocycles. The number of anilines is 1. The van der Waals surface area contributed by atoms with Gasteiger partial charge in [0.25, 0.3) is 0 Å². The predicted octanol–water partition coefficient (Wildman–Crippen LogP) is 3.32. The van der Waals surface area contributed by atoms with E-state index in [0.29, 0.717) is 23.4 Å². The van der Waals surface area contributed by atoms with Crippen molar-refractivity contribution in [1.29, 1.82) is 5.26 Å². The van der Waals surface area contributed by atoms with Gasteiger partial charge < -0.3 is 5.32 Å². The summed E-state index contributed by atoms with van der Waals surface area (Å²) in [4.78, 5) is 4.27. The molecule has 1 N–H and O–H groups in total. The third-order valence-electron chi connectivity index (χ3n) is 2.91. The van der Waals surface area contributed by atoms with Crippen LogP contribution >= 0.6 is 0 Å². The highest BCUT2D eigenvalue weighted by molar-refractivity contribution is 5.55. The molecule has 3 nitrogen and oxygen atoms in total. The Hall–Kier alpha value is -2.41. The molecule has 96 valence electrons. The fraction of sp³-hybridized carbons (Fsp3) is 0.200. The smallest absolute Gasteiger partial charge is 0.129 e. The first kappa shape index (κ1) is 13.0. The molecule has 0 atom stereocenters. The molecule has 19 heavy (non-hydrogen) atoms. The molecule has 0 bridgehead atoms. The number of hydrogen-bond donors (Lipinski definition) is 1. The molecule has 0 aliphatic carbocycles. The van der Waals surface area contributed by atoms with E-state index in [4.69, 9.17) is 5.26 Å². The lowest BCUT2D eigenvalue weighted by molar-refractivity contribution is 0.618. The number of aryl methyl sites for hydroxylation is 1. The summed E-state index contributed by atoms with van der Waals surface area (Å²) in [5.41, 5.74) is 3.40. The SMILES string of the molecule is Cc1ccc(CNc2cc(C#N)cc(F)c2C)nc1. The summed E-state index contributed by atoms with van der Waals surface area (Å²) in [5.74, 6) is -0.376. The molecule has 2 rings (SSSR count). The zero-order valence-corrected chi connectivity index (χ0v) is 10.9. The number of hydrogen-bond acceptors (Lipinski definition) is 3. The van der Waals surface area contributed by atoms with E-state index in [0.717, 1.165) is 11.3 Å². The van der Waals surface area contributed by atoms with E-state index >= 15 is 0 Å². The third-order valence-corrected chi connectivity index (χ3v) is 2.91. The highest BCUT2D eigenvalue weighted by atomic mass is 19.1. The van der Waals surface area contributed by atoms with Crippen molar-refractivity contribution >= 4 is 5.69 Å². The standard InChI is InChI=1S/C15H14FN3/c1-10-3-4-13(18-8-10)9-19-15-6-12(7-17)5-14(16)11(15)2/h3-6,8,19H,9H2,1-2H3. The van der Waals surface area contributed by atoms with Crippen molar-refractivity contribution in [3.8, 4) is 6.07 Å². The van der Waals surface area contributed by atoms with Gasteiger partial charge in [-0.2, -0.15) is 5.26 Å². The quantitative estimate of drug-likeness (QED) is 0.915. The Morgan fingerprint density at radius 2 is 2.11 bits per heavy atom. The second kappa shape index (κ2) is 5.49. The van der Waals surface area contributed by atoms with Crippen LogP contribution in [0.25, 0.3) is 0 Å². The van der Waals surface area contributed by atoms with E-state index in [1.54, 1.807) is 19.2 Å². The van der Waals surface area contributed by atoms with E-state index < -0.39 is 0 Å². The summed E-state index contributed by atoms with van der Waals surface area (Å²) in [6.07, 6.45) is 1.79. The third kappa shape index (κ3) is 3.08. The van der Waals surface area contributed by atoms with E-state index in [-0.39, 0.29) is 5.82 Å². The van der Waals surface area contributed by atoms with E-state index in [2.05, 4.69) is 10.3 Å². The average molecular weight is 255 g/mol. The van der Waals surface area contributed by atoms with Crippen LogP contribution in [0.15, 0.2) is 30.5 Å². The minimum absolute atomic E-state index is 0.308. The normalized spacial score (nSPS) is 10.0.